The molecule has 4 aromatic rings. The zero-order chi connectivity index (χ0) is 39.0. The van der Waals surface area contributed by atoms with Crippen molar-refractivity contribution in [2.75, 3.05) is 6.61 Å². The summed E-state index contributed by atoms with van der Waals surface area (Å²) in [7, 11) is 0. The molecule has 20 heteroatoms. The van der Waals surface area contributed by atoms with Crippen LogP contribution < -0.4 is 10.6 Å². The summed E-state index contributed by atoms with van der Waals surface area (Å²) >= 11 is 6.37. The number of rotatable bonds is 11. The molecule has 1 aliphatic rings. The topological polar surface area (TPSA) is 143 Å². The van der Waals surface area contributed by atoms with Gasteiger partial charge in [-0.25, -0.2) is 27.9 Å². The molecule has 2 aromatic carbocycles. The van der Waals surface area contributed by atoms with Gasteiger partial charge in [-0.15, -0.1) is 0 Å². The van der Waals surface area contributed by atoms with Crippen molar-refractivity contribution < 1.29 is 45.1 Å². The van der Waals surface area contributed by atoms with Crippen LogP contribution in [0.5, 0.6) is 0 Å². The number of nitrogens with one attached hydrogen (secondary N) is 3. The van der Waals surface area contributed by atoms with Crippen LogP contribution in [0, 0.1) is 10.8 Å². The maximum Gasteiger partial charge on any atom is 0.408 e. The van der Waals surface area contributed by atoms with E-state index in [2.05, 4.69) is 20.5 Å². The molecule has 3 N–H and O–H groups in total. The fourth-order valence-electron chi connectivity index (χ4n) is 5.93. The molecule has 0 radical (unpaired) electrons. The summed E-state index contributed by atoms with van der Waals surface area (Å²) in [5.74, 6) is -1.97. The van der Waals surface area contributed by atoms with E-state index >= 15 is 0 Å². The number of benzene rings is 2. The Balaban J connectivity index is 1.58. The number of guanidine groups is 1. The Kier molecular flexibility index (Phi) is 10.8. The number of nitrogens with zero attached hydrogens (tertiary/aromatic N) is 6. The molecule has 12 nitrogen and oxygen atoms in total. The van der Waals surface area contributed by atoms with Crippen LogP contribution in [0.25, 0.3) is 16.8 Å². The van der Waals surface area contributed by atoms with E-state index in [0.717, 1.165) is 22.1 Å². The number of halogens is 8. The number of carbonyl (C=O) groups excluding carboxylic acids is 2. The third kappa shape index (κ3) is 8.23. The Morgan fingerprint density at radius 1 is 1.06 bits per heavy atom. The standard InChI is InChI=1S/C33H33ClF7N9O3/c1-17(33(39,40)41)46-30(52)53-14-24(19-7-10-22(34)23(11-19)50-26(25(35)36)43-16-45-50)49-27(51)32(47-29(49)42,15-31(2,3)4)21-8-5-18(6-9-21)20-12-44-48(13-20)28(37)38/h5-13,16-17,24-25,28H,14-15H2,1-4H3,(H2,42,47)(H,46,52)/t17-,24-,32-/m1/s1. The Bertz CT molecular complexity index is 1980. The lowest BCUT2D eigenvalue weighted by Crippen LogP contribution is -2.47. The molecule has 53 heavy (non-hydrogen) atoms. The van der Waals surface area contributed by atoms with Gasteiger partial charge in [0.05, 0.1) is 22.9 Å². The highest BCUT2D eigenvalue weighted by atomic mass is 35.5. The molecule has 2 amide bonds. The van der Waals surface area contributed by atoms with Gasteiger partial charge in [-0.2, -0.15) is 32.1 Å². The van der Waals surface area contributed by atoms with E-state index in [1.807, 2.05) is 20.8 Å². The first kappa shape index (κ1) is 39.0. The predicted molar refractivity (Wildman–Crippen MR) is 176 cm³/mol. The van der Waals surface area contributed by atoms with Crippen LogP contribution in [0.1, 0.15) is 70.1 Å². The van der Waals surface area contributed by atoms with Crippen molar-refractivity contribution in [3.8, 4) is 16.8 Å². The molecule has 5 rings (SSSR count). The quantitative estimate of drug-likeness (QED) is 0.134. The second-order valence-corrected chi connectivity index (χ2v) is 13.8. The van der Waals surface area contributed by atoms with Crippen LogP contribution in [0.2, 0.25) is 5.02 Å². The summed E-state index contributed by atoms with van der Waals surface area (Å²) in [6.45, 7) is 2.58. The number of amides is 2. The van der Waals surface area contributed by atoms with Crippen molar-refractivity contribution in [2.45, 2.75) is 70.9 Å². The third-order valence-corrected chi connectivity index (χ3v) is 8.65. The second kappa shape index (κ2) is 14.7. The van der Waals surface area contributed by atoms with Gasteiger partial charge in [0.15, 0.2) is 11.8 Å². The highest BCUT2D eigenvalue weighted by Crippen LogP contribution is 2.43. The summed E-state index contributed by atoms with van der Waals surface area (Å²) in [4.78, 5) is 31.9. The maximum absolute atomic E-state index is 14.8. The molecule has 1 fully saturated rings. The lowest BCUT2D eigenvalue weighted by atomic mass is 9.75. The van der Waals surface area contributed by atoms with E-state index in [-0.39, 0.29) is 22.7 Å². The lowest BCUT2D eigenvalue weighted by Gasteiger charge is -2.35. The van der Waals surface area contributed by atoms with E-state index in [1.54, 1.807) is 29.6 Å². The minimum Gasteiger partial charge on any atom is -0.447 e. The first-order chi connectivity index (χ1) is 24.7. The van der Waals surface area contributed by atoms with Crippen molar-refractivity contribution in [3.63, 3.8) is 0 Å². The van der Waals surface area contributed by atoms with E-state index < -0.39 is 72.6 Å². The minimum atomic E-state index is -4.80. The first-order valence-electron chi connectivity index (χ1n) is 15.8. The van der Waals surface area contributed by atoms with Crippen molar-refractivity contribution in [1.82, 2.24) is 40.1 Å². The van der Waals surface area contributed by atoms with Gasteiger partial charge in [0, 0.05) is 11.8 Å². The molecule has 0 bridgehead atoms. The molecule has 0 saturated carbocycles. The monoisotopic (exact) mass is 771 g/mol. The van der Waals surface area contributed by atoms with Crippen LogP contribution in [0.3, 0.4) is 0 Å². The second-order valence-electron chi connectivity index (χ2n) is 13.4. The number of ether oxygens (including phenoxy) is 1. The third-order valence-electron chi connectivity index (χ3n) is 8.33. The Labute approximate surface area is 302 Å². The molecule has 0 unspecified atom stereocenters. The van der Waals surface area contributed by atoms with E-state index in [0.29, 0.717) is 28.3 Å². The number of hydrogen-bond acceptors (Lipinski definition) is 7. The van der Waals surface area contributed by atoms with Gasteiger partial charge in [0.1, 0.15) is 24.5 Å². The molecular formula is C33H33ClF7N9O3. The zero-order valence-corrected chi connectivity index (χ0v) is 29.2. The van der Waals surface area contributed by atoms with Crippen LogP contribution in [0.4, 0.5) is 35.5 Å². The fraction of sp³-hybridized carbons (Fsp3) is 0.394. The molecule has 1 aliphatic heterocycles. The van der Waals surface area contributed by atoms with E-state index in [1.165, 1.54) is 24.4 Å². The molecule has 0 aliphatic carbocycles. The van der Waals surface area contributed by atoms with Crippen molar-refractivity contribution >= 4 is 29.6 Å². The first-order valence-corrected chi connectivity index (χ1v) is 16.2. The molecule has 2 aromatic heterocycles. The van der Waals surface area contributed by atoms with Gasteiger partial charge in [0.25, 0.3) is 12.3 Å². The van der Waals surface area contributed by atoms with Gasteiger partial charge in [0.2, 0.25) is 0 Å². The summed E-state index contributed by atoms with van der Waals surface area (Å²) in [6.07, 6.45) is -5.99. The number of aromatic nitrogens is 5. The molecular weight excluding hydrogens is 739 g/mol. The van der Waals surface area contributed by atoms with Crippen molar-refractivity contribution in [3.05, 3.63) is 83.2 Å². The molecule has 1 saturated heterocycles. The number of alkyl halides is 7. The Morgan fingerprint density at radius 3 is 2.32 bits per heavy atom. The normalized spacial score (nSPS) is 17.7. The Morgan fingerprint density at radius 2 is 1.74 bits per heavy atom. The van der Waals surface area contributed by atoms with Crippen LogP contribution >= 0.6 is 11.6 Å². The van der Waals surface area contributed by atoms with Crippen molar-refractivity contribution in [1.29, 1.82) is 5.41 Å². The Hall–Kier alpha value is -5.20. The number of carbonyl (C=O) groups is 2. The largest absolute Gasteiger partial charge is 0.447 e. The van der Waals surface area contributed by atoms with Crippen LogP contribution in [-0.2, 0) is 15.1 Å². The molecule has 3 heterocycles. The summed E-state index contributed by atoms with van der Waals surface area (Å²) < 4.78 is 99.9. The van der Waals surface area contributed by atoms with E-state index in [4.69, 9.17) is 21.7 Å². The van der Waals surface area contributed by atoms with Gasteiger partial charge in [-0.1, -0.05) is 62.7 Å². The number of hydrogen-bond donors (Lipinski definition) is 3. The van der Waals surface area contributed by atoms with Gasteiger partial charge >= 0.3 is 18.8 Å². The fourth-order valence-corrected chi connectivity index (χ4v) is 6.13. The highest BCUT2D eigenvalue weighted by Gasteiger charge is 2.54. The van der Waals surface area contributed by atoms with Crippen molar-refractivity contribution in [2.24, 2.45) is 5.41 Å². The van der Waals surface area contributed by atoms with E-state index in [9.17, 15) is 40.3 Å². The maximum atomic E-state index is 14.8. The van der Waals surface area contributed by atoms with Gasteiger partial charge < -0.3 is 15.4 Å². The SMILES string of the molecule is C[C@@H](NC(=O)OC[C@H](c1ccc(Cl)c(-n2ncnc2C(F)F)c1)N1C(=N)N[C@](CC(C)(C)C)(c2ccc(-c3cnn(C(F)F)c3)cc2)C1=O)C(F)(F)F. The van der Waals surface area contributed by atoms with Crippen LogP contribution in [0.15, 0.2) is 61.2 Å². The zero-order valence-electron chi connectivity index (χ0n) is 28.4. The summed E-state index contributed by atoms with van der Waals surface area (Å²) in [6, 6.07) is 6.53. The molecule has 3 atom stereocenters. The average Bonchev–Trinajstić information content (AvgIpc) is 3.81. The summed E-state index contributed by atoms with van der Waals surface area (Å²) in [5, 5.41) is 21.1. The molecule has 0 spiro atoms. The van der Waals surface area contributed by atoms with Gasteiger partial charge in [-0.05, 0) is 47.6 Å². The van der Waals surface area contributed by atoms with Gasteiger partial charge in [-0.3, -0.25) is 15.1 Å². The molecule has 284 valence electrons. The average molecular weight is 772 g/mol. The minimum absolute atomic E-state index is 0.0697. The smallest absolute Gasteiger partial charge is 0.408 e. The number of alkyl carbamates (subject to hydrolysis) is 1. The highest BCUT2D eigenvalue weighted by molar-refractivity contribution is 6.32. The van der Waals surface area contributed by atoms with Crippen LogP contribution in [-0.4, -0.2) is 66.2 Å². The predicted octanol–water partition coefficient (Wildman–Crippen LogP) is 7.53. The summed E-state index contributed by atoms with van der Waals surface area (Å²) in [5.41, 5.74) is -1.02. The lowest BCUT2D eigenvalue weighted by molar-refractivity contribution is -0.150.